The highest BCUT2D eigenvalue weighted by atomic mass is 79.9. The fourth-order valence-electron chi connectivity index (χ4n) is 1.22. The minimum absolute atomic E-state index is 0.271. The zero-order chi connectivity index (χ0) is 11.0. The van der Waals surface area contributed by atoms with Crippen LogP contribution in [0, 0.1) is 6.92 Å². The van der Waals surface area contributed by atoms with Gasteiger partial charge in [0.05, 0.1) is 0 Å². The Bertz CT molecular complexity index is 458. The van der Waals surface area contributed by atoms with E-state index in [9.17, 15) is 0 Å². The predicted octanol–water partition coefficient (Wildman–Crippen LogP) is 5.39. The number of aryl methyl sites for hydroxylation is 1. The number of furan rings is 1. The van der Waals surface area contributed by atoms with Gasteiger partial charge in [0.2, 0.25) is 0 Å². The van der Waals surface area contributed by atoms with Crippen LogP contribution in [0.15, 0.2) is 27.1 Å². The molecule has 1 unspecified atom stereocenters. The van der Waals surface area contributed by atoms with Crippen LogP contribution in [-0.4, -0.2) is 0 Å². The van der Waals surface area contributed by atoms with E-state index in [1.807, 2.05) is 25.1 Å². The average molecular weight is 326 g/mol. The first-order valence-corrected chi connectivity index (χ1v) is 6.65. The van der Waals surface area contributed by atoms with Gasteiger partial charge >= 0.3 is 0 Å². The molecule has 0 saturated heterocycles. The molecule has 0 aliphatic rings. The highest BCUT2D eigenvalue weighted by molar-refractivity contribution is 9.10. The van der Waals surface area contributed by atoms with Crippen molar-refractivity contribution in [2.24, 2.45) is 0 Å². The van der Waals surface area contributed by atoms with E-state index >= 15 is 0 Å². The molecule has 2 rings (SSSR count). The largest absolute Gasteiger partial charge is 0.464 e. The summed E-state index contributed by atoms with van der Waals surface area (Å²) in [5.41, 5.74) is 0. The number of hydrogen-bond acceptors (Lipinski definition) is 2. The lowest BCUT2D eigenvalue weighted by atomic mass is 10.3. The summed E-state index contributed by atoms with van der Waals surface area (Å²) in [5.74, 6) is 1.61. The summed E-state index contributed by atoms with van der Waals surface area (Å²) in [6.07, 6.45) is 0. The van der Waals surface area contributed by atoms with Gasteiger partial charge in [0.1, 0.15) is 21.2 Å². The molecule has 0 saturated carbocycles. The third-order valence-electron chi connectivity index (χ3n) is 1.92. The molecule has 1 atom stereocenters. The van der Waals surface area contributed by atoms with Gasteiger partial charge in [0, 0.05) is 9.35 Å². The molecule has 2 aromatic rings. The van der Waals surface area contributed by atoms with E-state index in [2.05, 4.69) is 15.9 Å². The predicted molar refractivity (Wildman–Crippen MR) is 68.2 cm³/mol. The maximum atomic E-state index is 6.27. The number of thiophene rings is 1. The van der Waals surface area contributed by atoms with Gasteiger partial charge in [-0.05, 0) is 41.1 Å². The third-order valence-corrected chi connectivity index (χ3v) is 5.04. The van der Waals surface area contributed by atoms with Crippen molar-refractivity contribution in [3.8, 4) is 0 Å². The highest BCUT2D eigenvalue weighted by Gasteiger charge is 2.18. The average Bonchev–Trinajstić information content (AvgIpc) is 2.74. The maximum Gasteiger partial charge on any atom is 0.127 e. The Morgan fingerprint density at radius 3 is 2.67 bits per heavy atom. The number of alkyl halides is 1. The first-order valence-electron chi connectivity index (χ1n) is 4.23. The Morgan fingerprint density at radius 2 is 2.20 bits per heavy atom. The van der Waals surface area contributed by atoms with Crippen molar-refractivity contribution >= 4 is 50.5 Å². The van der Waals surface area contributed by atoms with Crippen molar-refractivity contribution in [1.82, 2.24) is 0 Å². The molecule has 2 heterocycles. The van der Waals surface area contributed by atoms with Gasteiger partial charge in [-0.1, -0.05) is 11.6 Å². The first-order chi connectivity index (χ1) is 7.08. The SMILES string of the molecule is Cc1ccc(C(Cl)c2cc(Br)c(Cl)s2)o1. The Hall–Kier alpha value is 0.0400. The Labute approximate surface area is 110 Å². The van der Waals surface area contributed by atoms with Crippen LogP contribution in [0.4, 0.5) is 0 Å². The molecule has 0 aliphatic carbocycles. The minimum Gasteiger partial charge on any atom is -0.464 e. The van der Waals surface area contributed by atoms with Crippen LogP contribution in [0.3, 0.4) is 0 Å². The van der Waals surface area contributed by atoms with Gasteiger partial charge in [-0.25, -0.2) is 0 Å². The molecule has 0 amide bonds. The summed E-state index contributed by atoms with van der Waals surface area (Å²) in [4.78, 5) is 0.975. The van der Waals surface area contributed by atoms with Gasteiger partial charge in [0.15, 0.2) is 0 Å². The maximum absolute atomic E-state index is 6.27. The summed E-state index contributed by atoms with van der Waals surface area (Å²) in [5, 5.41) is -0.271. The van der Waals surface area contributed by atoms with Crippen LogP contribution >= 0.6 is 50.5 Å². The van der Waals surface area contributed by atoms with E-state index in [1.165, 1.54) is 11.3 Å². The zero-order valence-electron chi connectivity index (χ0n) is 7.76. The smallest absolute Gasteiger partial charge is 0.127 e. The molecule has 0 bridgehead atoms. The zero-order valence-corrected chi connectivity index (χ0v) is 11.7. The van der Waals surface area contributed by atoms with Crippen LogP contribution in [0.1, 0.15) is 21.8 Å². The summed E-state index contributed by atoms with van der Waals surface area (Å²) in [6.45, 7) is 1.89. The van der Waals surface area contributed by atoms with Gasteiger partial charge in [0.25, 0.3) is 0 Å². The van der Waals surface area contributed by atoms with Crippen LogP contribution in [0.25, 0.3) is 0 Å². The summed E-state index contributed by atoms with van der Waals surface area (Å²) < 4.78 is 7.05. The van der Waals surface area contributed by atoms with Gasteiger partial charge in [-0.15, -0.1) is 22.9 Å². The molecular formula is C10H7BrCl2OS. The monoisotopic (exact) mass is 324 g/mol. The topological polar surface area (TPSA) is 13.1 Å². The minimum atomic E-state index is -0.271. The van der Waals surface area contributed by atoms with Crippen molar-refractivity contribution in [2.75, 3.05) is 0 Å². The second kappa shape index (κ2) is 4.50. The number of halogens is 3. The molecule has 0 fully saturated rings. The molecule has 0 N–H and O–H groups in total. The molecule has 0 radical (unpaired) electrons. The normalized spacial score (nSPS) is 13.1. The number of hydrogen-bond donors (Lipinski definition) is 0. The third kappa shape index (κ3) is 2.41. The molecule has 2 aromatic heterocycles. The summed E-state index contributed by atoms with van der Waals surface area (Å²) in [7, 11) is 0. The van der Waals surface area contributed by atoms with Gasteiger partial charge in [-0.3, -0.25) is 0 Å². The lowest BCUT2D eigenvalue weighted by Crippen LogP contribution is -1.85. The van der Waals surface area contributed by atoms with E-state index in [4.69, 9.17) is 27.6 Å². The Kier molecular flexibility index (Phi) is 3.45. The van der Waals surface area contributed by atoms with Crippen LogP contribution in [0.5, 0.6) is 0 Å². The van der Waals surface area contributed by atoms with E-state index in [0.29, 0.717) is 4.34 Å². The van der Waals surface area contributed by atoms with Gasteiger partial charge < -0.3 is 4.42 Å². The Morgan fingerprint density at radius 1 is 1.47 bits per heavy atom. The van der Waals surface area contributed by atoms with Crippen molar-refractivity contribution in [1.29, 1.82) is 0 Å². The van der Waals surface area contributed by atoms with Gasteiger partial charge in [-0.2, -0.15) is 0 Å². The fraction of sp³-hybridized carbons (Fsp3) is 0.200. The first kappa shape index (κ1) is 11.5. The molecule has 0 aliphatic heterocycles. The lowest BCUT2D eigenvalue weighted by Gasteiger charge is -2.02. The second-order valence-electron chi connectivity index (χ2n) is 3.08. The summed E-state index contributed by atoms with van der Waals surface area (Å²) in [6, 6.07) is 5.70. The van der Waals surface area contributed by atoms with Crippen LogP contribution < -0.4 is 0 Å². The lowest BCUT2D eigenvalue weighted by molar-refractivity contribution is 0.490. The quantitative estimate of drug-likeness (QED) is 0.674. The van der Waals surface area contributed by atoms with Crippen molar-refractivity contribution in [3.05, 3.63) is 43.4 Å². The molecule has 5 heteroatoms. The number of rotatable bonds is 2. The van der Waals surface area contributed by atoms with Crippen molar-refractivity contribution in [2.45, 2.75) is 12.3 Å². The molecule has 80 valence electrons. The summed E-state index contributed by atoms with van der Waals surface area (Å²) >= 11 is 17.0. The van der Waals surface area contributed by atoms with E-state index < -0.39 is 0 Å². The molecule has 15 heavy (non-hydrogen) atoms. The van der Waals surface area contributed by atoms with E-state index in [1.54, 1.807) is 0 Å². The second-order valence-corrected chi connectivity index (χ2v) is 6.06. The van der Waals surface area contributed by atoms with Crippen LogP contribution in [0.2, 0.25) is 4.34 Å². The standard InChI is InChI=1S/C10H7BrCl2OS/c1-5-2-3-7(14-5)9(12)8-4-6(11)10(13)15-8/h2-4,9H,1H3. The van der Waals surface area contributed by atoms with E-state index in [-0.39, 0.29) is 5.38 Å². The fourth-order valence-corrected chi connectivity index (χ4v) is 3.25. The molecule has 1 nitrogen and oxygen atoms in total. The van der Waals surface area contributed by atoms with E-state index in [0.717, 1.165) is 20.9 Å². The van der Waals surface area contributed by atoms with Crippen molar-refractivity contribution < 1.29 is 4.42 Å². The molecule has 0 spiro atoms. The molecule has 0 aromatic carbocycles. The van der Waals surface area contributed by atoms with Crippen molar-refractivity contribution in [3.63, 3.8) is 0 Å². The Balaban J connectivity index is 2.31. The highest BCUT2D eigenvalue weighted by Crippen LogP contribution is 2.40. The molecular weight excluding hydrogens is 319 g/mol. The van der Waals surface area contributed by atoms with Crippen LogP contribution in [-0.2, 0) is 0 Å².